The Bertz CT molecular complexity index is 374. The van der Waals surface area contributed by atoms with E-state index in [1.807, 2.05) is 0 Å². The van der Waals surface area contributed by atoms with Gasteiger partial charge in [-0.05, 0) is 30.7 Å². The summed E-state index contributed by atoms with van der Waals surface area (Å²) in [5.41, 5.74) is 0.408. The Kier molecular flexibility index (Phi) is 8.42. The van der Waals surface area contributed by atoms with Gasteiger partial charge in [0.25, 0.3) is 0 Å². The van der Waals surface area contributed by atoms with Crippen molar-refractivity contribution < 1.29 is 24.1 Å². The van der Waals surface area contributed by atoms with Crippen LogP contribution in [0.15, 0.2) is 24.3 Å². The fourth-order valence-corrected chi connectivity index (χ4v) is 1.44. The third-order valence-electron chi connectivity index (χ3n) is 2.58. The molecule has 1 rings (SSSR count). The summed E-state index contributed by atoms with van der Waals surface area (Å²) in [6.45, 7) is 4.49. The van der Waals surface area contributed by atoms with Crippen LogP contribution >= 0.6 is 0 Å². The standard InChI is InChI=1S/C15H22O5/c1-2-3-8-18-9-10-19-11-12-20-15(17)13-4-6-14(16)7-5-13/h4-7,16H,2-3,8-12H2,1H3. The van der Waals surface area contributed by atoms with Crippen LogP contribution in [-0.4, -0.2) is 44.1 Å². The van der Waals surface area contributed by atoms with Crippen LogP contribution in [0, 0.1) is 0 Å². The Morgan fingerprint density at radius 3 is 2.25 bits per heavy atom. The lowest BCUT2D eigenvalue weighted by molar-refractivity contribution is 0.0143. The van der Waals surface area contributed by atoms with Gasteiger partial charge in [-0.2, -0.15) is 0 Å². The summed E-state index contributed by atoms with van der Waals surface area (Å²) in [4.78, 5) is 11.6. The molecule has 0 fully saturated rings. The minimum atomic E-state index is -0.423. The molecular formula is C15H22O5. The predicted octanol–water partition coefficient (Wildman–Crippen LogP) is 2.38. The number of unbranched alkanes of at least 4 members (excludes halogenated alkanes) is 1. The van der Waals surface area contributed by atoms with E-state index in [0.29, 0.717) is 25.4 Å². The molecule has 0 aliphatic rings. The number of esters is 1. The minimum Gasteiger partial charge on any atom is -0.508 e. The van der Waals surface area contributed by atoms with Gasteiger partial charge in [0.1, 0.15) is 12.4 Å². The van der Waals surface area contributed by atoms with Crippen molar-refractivity contribution in [2.75, 3.05) is 33.0 Å². The largest absolute Gasteiger partial charge is 0.508 e. The predicted molar refractivity (Wildman–Crippen MR) is 74.9 cm³/mol. The van der Waals surface area contributed by atoms with Gasteiger partial charge in [0.2, 0.25) is 0 Å². The first-order valence-electron chi connectivity index (χ1n) is 6.85. The van der Waals surface area contributed by atoms with E-state index in [-0.39, 0.29) is 12.4 Å². The first-order valence-corrected chi connectivity index (χ1v) is 6.85. The fraction of sp³-hybridized carbons (Fsp3) is 0.533. The number of hydrogen-bond acceptors (Lipinski definition) is 5. The van der Waals surface area contributed by atoms with Crippen LogP contribution in [-0.2, 0) is 14.2 Å². The molecule has 0 atom stereocenters. The van der Waals surface area contributed by atoms with Crippen LogP contribution < -0.4 is 0 Å². The zero-order valence-corrected chi connectivity index (χ0v) is 11.8. The van der Waals surface area contributed by atoms with Gasteiger partial charge in [-0.15, -0.1) is 0 Å². The molecule has 0 spiro atoms. The fourth-order valence-electron chi connectivity index (χ4n) is 1.44. The molecule has 0 aliphatic heterocycles. The number of aromatic hydroxyl groups is 1. The monoisotopic (exact) mass is 282 g/mol. The van der Waals surface area contributed by atoms with Crippen molar-refractivity contribution in [2.45, 2.75) is 19.8 Å². The van der Waals surface area contributed by atoms with Crippen molar-refractivity contribution in [3.63, 3.8) is 0 Å². The quantitative estimate of drug-likeness (QED) is 0.527. The smallest absolute Gasteiger partial charge is 0.338 e. The molecule has 0 radical (unpaired) electrons. The van der Waals surface area contributed by atoms with Crippen molar-refractivity contribution in [1.29, 1.82) is 0 Å². The highest BCUT2D eigenvalue weighted by molar-refractivity contribution is 5.89. The van der Waals surface area contributed by atoms with Crippen LogP contribution in [0.1, 0.15) is 30.1 Å². The second kappa shape index (κ2) is 10.2. The van der Waals surface area contributed by atoms with E-state index in [1.165, 1.54) is 24.3 Å². The first kappa shape index (κ1) is 16.5. The lowest BCUT2D eigenvalue weighted by atomic mass is 10.2. The van der Waals surface area contributed by atoms with Gasteiger partial charge in [0.05, 0.1) is 25.4 Å². The molecule has 0 amide bonds. The van der Waals surface area contributed by atoms with Crippen molar-refractivity contribution >= 4 is 5.97 Å². The van der Waals surface area contributed by atoms with E-state index >= 15 is 0 Å². The van der Waals surface area contributed by atoms with Crippen molar-refractivity contribution in [2.24, 2.45) is 0 Å². The van der Waals surface area contributed by atoms with Crippen LogP contribution in [0.5, 0.6) is 5.75 Å². The third kappa shape index (κ3) is 7.11. The topological polar surface area (TPSA) is 65.0 Å². The molecule has 5 nitrogen and oxygen atoms in total. The number of benzene rings is 1. The van der Waals surface area contributed by atoms with Crippen molar-refractivity contribution in [3.05, 3.63) is 29.8 Å². The van der Waals surface area contributed by atoms with E-state index in [2.05, 4.69) is 6.92 Å². The van der Waals surface area contributed by atoms with E-state index < -0.39 is 5.97 Å². The molecule has 0 saturated heterocycles. The molecule has 1 aromatic rings. The summed E-state index contributed by atoms with van der Waals surface area (Å²) in [5, 5.41) is 9.11. The molecule has 20 heavy (non-hydrogen) atoms. The molecule has 0 saturated carbocycles. The number of hydrogen-bond donors (Lipinski definition) is 1. The maximum absolute atomic E-state index is 11.6. The van der Waals surface area contributed by atoms with Gasteiger partial charge < -0.3 is 19.3 Å². The zero-order chi connectivity index (χ0) is 14.6. The molecule has 0 unspecified atom stereocenters. The highest BCUT2D eigenvalue weighted by atomic mass is 16.6. The number of carbonyl (C=O) groups excluding carboxylic acids is 1. The number of carbonyl (C=O) groups is 1. The summed E-state index contributed by atoms with van der Waals surface area (Å²) in [6.07, 6.45) is 2.18. The normalized spacial score (nSPS) is 10.4. The number of phenols is 1. The Balaban J connectivity index is 2.01. The summed E-state index contributed by atoms with van der Waals surface area (Å²) in [7, 11) is 0. The molecule has 5 heteroatoms. The summed E-state index contributed by atoms with van der Waals surface area (Å²) in [6, 6.07) is 5.92. The van der Waals surface area contributed by atoms with E-state index in [0.717, 1.165) is 19.4 Å². The van der Waals surface area contributed by atoms with E-state index in [1.54, 1.807) is 0 Å². The second-order valence-electron chi connectivity index (χ2n) is 4.26. The van der Waals surface area contributed by atoms with E-state index in [4.69, 9.17) is 19.3 Å². The lowest BCUT2D eigenvalue weighted by Crippen LogP contribution is -2.13. The molecule has 112 valence electrons. The Morgan fingerprint density at radius 2 is 1.60 bits per heavy atom. The maximum atomic E-state index is 11.6. The van der Waals surface area contributed by atoms with Crippen molar-refractivity contribution in [1.82, 2.24) is 0 Å². The number of ether oxygens (including phenoxy) is 3. The van der Waals surface area contributed by atoms with Crippen molar-refractivity contribution in [3.8, 4) is 5.75 Å². The van der Waals surface area contributed by atoms with Gasteiger partial charge in [-0.3, -0.25) is 0 Å². The lowest BCUT2D eigenvalue weighted by Gasteiger charge is -2.07. The number of rotatable bonds is 10. The second-order valence-corrected chi connectivity index (χ2v) is 4.26. The van der Waals surface area contributed by atoms with Gasteiger partial charge >= 0.3 is 5.97 Å². The maximum Gasteiger partial charge on any atom is 0.338 e. The average Bonchev–Trinajstić information content (AvgIpc) is 2.46. The van der Waals surface area contributed by atoms with Crippen LogP contribution in [0.25, 0.3) is 0 Å². The molecule has 0 aromatic heterocycles. The number of phenolic OH excluding ortho intramolecular Hbond substituents is 1. The Morgan fingerprint density at radius 1 is 1.00 bits per heavy atom. The van der Waals surface area contributed by atoms with Crippen LogP contribution in [0.3, 0.4) is 0 Å². The highest BCUT2D eigenvalue weighted by Gasteiger charge is 2.06. The molecule has 0 aliphatic carbocycles. The zero-order valence-electron chi connectivity index (χ0n) is 11.8. The van der Waals surface area contributed by atoms with Crippen LogP contribution in [0.2, 0.25) is 0 Å². The van der Waals surface area contributed by atoms with Gasteiger partial charge in [-0.25, -0.2) is 4.79 Å². The Hall–Kier alpha value is -1.59. The highest BCUT2D eigenvalue weighted by Crippen LogP contribution is 2.10. The van der Waals surface area contributed by atoms with Gasteiger partial charge in [0, 0.05) is 6.61 Å². The minimum absolute atomic E-state index is 0.118. The molecule has 1 N–H and O–H groups in total. The summed E-state index contributed by atoms with van der Waals surface area (Å²) in [5.74, 6) is -0.305. The molecule has 0 bridgehead atoms. The van der Waals surface area contributed by atoms with Gasteiger partial charge in [0.15, 0.2) is 0 Å². The molecule has 1 aromatic carbocycles. The molecule has 0 heterocycles. The summed E-state index contributed by atoms with van der Waals surface area (Å²) < 4.78 is 15.6. The van der Waals surface area contributed by atoms with Crippen LogP contribution in [0.4, 0.5) is 0 Å². The average molecular weight is 282 g/mol. The molecular weight excluding hydrogens is 260 g/mol. The van der Waals surface area contributed by atoms with E-state index in [9.17, 15) is 4.79 Å². The first-order chi connectivity index (χ1) is 9.74. The Labute approximate surface area is 119 Å². The SMILES string of the molecule is CCCCOCCOCCOC(=O)c1ccc(O)cc1. The third-order valence-corrected chi connectivity index (χ3v) is 2.58. The summed E-state index contributed by atoms with van der Waals surface area (Å²) >= 11 is 0. The van der Waals surface area contributed by atoms with Gasteiger partial charge in [-0.1, -0.05) is 13.3 Å².